The molecule has 1 aromatic carbocycles. The molecule has 1 saturated carbocycles. The van der Waals surface area contributed by atoms with Gasteiger partial charge < -0.3 is 0 Å². The third kappa shape index (κ3) is 3.89. The van der Waals surface area contributed by atoms with Crippen LogP contribution in [0.25, 0.3) is 0 Å². The van der Waals surface area contributed by atoms with E-state index in [1.807, 2.05) is 0 Å². The van der Waals surface area contributed by atoms with Gasteiger partial charge in [0, 0.05) is 17.0 Å². The van der Waals surface area contributed by atoms with Gasteiger partial charge in [0.15, 0.2) is 0 Å². The molecule has 0 spiro atoms. The predicted octanol–water partition coefficient (Wildman–Crippen LogP) is 5.47. The highest BCUT2D eigenvalue weighted by Gasteiger charge is 2.32. The summed E-state index contributed by atoms with van der Waals surface area (Å²) in [6.07, 6.45) is 3.74. The summed E-state index contributed by atoms with van der Waals surface area (Å²) < 4.78 is 0. The van der Waals surface area contributed by atoms with E-state index in [0.29, 0.717) is 28.8 Å². The molecule has 0 aromatic heterocycles. The third-order valence-electron chi connectivity index (χ3n) is 4.63. The summed E-state index contributed by atoms with van der Waals surface area (Å²) in [5.74, 6) is 1.52. The molecule has 3 atom stereocenters. The lowest BCUT2D eigenvalue weighted by molar-refractivity contribution is -0.385. The van der Waals surface area contributed by atoms with Gasteiger partial charge in [-0.1, -0.05) is 31.5 Å². The largest absolute Gasteiger partial charge is 0.274 e. The van der Waals surface area contributed by atoms with E-state index >= 15 is 0 Å². The van der Waals surface area contributed by atoms with Crippen LogP contribution < -0.4 is 0 Å². The van der Waals surface area contributed by atoms with Crippen LogP contribution in [0.4, 0.5) is 5.69 Å². The van der Waals surface area contributed by atoms with Crippen molar-refractivity contribution in [3.05, 3.63) is 38.9 Å². The number of alkyl halides is 1. The van der Waals surface area contributed by atoms with E-state index in [1.165, 1.54) is 6.07 Å². The lowest BCUT2D eigenvalue weighted by Crippen LogP contribution is -2.29. The van der Waals surface area contributed by atoms with Gasteiger partial charge >= 0.3 is 0 Å². The van der Waals surface area contributed by atoms with Gasteiger partial charge in [0.25, 0.3) is 5.69 Å². The van der Waals surface area contributed by atoms with Crippen molar-refractivity contribution in [3.63, 3.8) is 0 Å². The monoisotopic (exact) mass is 329 g/mol. The van der Waals surface area contributed by atoms with Crippen LogP contribution in [0.1, 0.15) is 38.7 Å². The molecular formula is C16H21Cl2NO2. The zero-order valence-corrected chi connectivity index (χ0v) is 13.9. The second-order valence-electron chi connectivity index (χ2n) is 6.29. The van der Waals surface area contributed by atoms with Crippen molar-refractivity contribution in [2.45, 2.75) is 44.9 Å². The maximum absolute atomic E-state index is 11.2. The Morgan fingerprint density at radius 3 is 2.71 bits per heavy atom. The van der Waals surface area contributed by atoms with Crippen LogP contribution in [0.5, 0.6) is 0 Å². The smallest absolute Gasteiger partial charge is 0.258 e. The second kappa shape index (κ2) is 6.97. The molecule has 0 N–H and O–H groups in total. The van der Waals surface area contributed by atoms with E-state index in [9.17, 15) is 10.1 Å². The van der Waals surface area contributed by atoms with E-state index in [1.54, 1.807) is 12.1 Å². The van der Waals surface area contributed by atoms with E-state index in [-0.39, 0.29) is 21.9 Å². The van der Waals surface area contributed by atoms with E-state index in [0.717, 1.165) is 19.3 Å². The van der Waals surface area contributed by atoms with Crippen molar-refractivity contribution in [1.29, 1.82) is 0 Å². The first-order chi connectivity index (χ1) is 9.90. The number of nitro benzene ring substituents is 1. The molecule has 0 radical (unpaired) electrons. The van der Waals surface area contributed by atoms with Crippen molar-refractivity contribution in [2.75, 3.05) is 0 Å². The Bertz CT molecular complexity index is 519. The molecule has 0 bridgehead atoms. The van der Waals surface area contributed by atoms with Gasteiger partial charge in [0.05, 0.1) is 9.95 Å². The summed E-state index contributed by atoms with van der Waals surface area (Å²) in [4.78, 5) is 10.8. The van der Waals surface area contributed by atoms with Crippen LogP contribution in [-0.4, -0.2) is 10.3 Å². The van der Waals surface area contributed by atoms with Gasteiger partial charge in [0.1, 0.15) is 0 Å². The second-order valence-corrected chi connectivity index (χ2v) is 7.26. The summed E-state index contributed by atoms with van der Waals surface area (Å²) >= 11 is 12.7. The Balaban J connectivity index is 2.22. The van der Waals surface area contributed by atoms with Crippen molar-refractivity contribution in [1.82, 2.24) is 0 Å². The van der Waals surface area contributed by atoms with Crippen molar-refractivity contribution < 1.29 is 4.92 Å². The van der Waals surface area contributed by atoms with Crippen LogP contribution >= 0.6 is 23.2 Å². The molecule has 3 nitrogen and oxygen atoms in total. The molecule has 21 heavy (non-hydrogen) atoms. The molecule has 1 aliphatic carbocycles. The summed E-state index contributed by atoms with van der Waals surface area (Å²) in [6, 6.07) is 4.86. The number of halogens is 2. The Morgan fingerprint density at radius 1 is 1.38 bits per heavy atom. The van der Waals surface area contributed by atoms with E-state index in [2.05, 4.69) is 13.8 Å². The van der Waals surface area contributed by atoms with Crippen molar-refractivity contribution in [2.24, 2.45) is 17.8 Å². The third-order valence-corrected chi connectivity index (χ3v) is 5.56. The summed E-state index contributed by atoms with van der Waals surface area (Å²) in [5, 5.41) is 11.7. The fourth-order valence-electron chi connectivity index (χ4n) is 3.26. The first-order valence-electron chi connectivity index (χ1n) is 7.46. The minimum Gasteiger partial charge on any atom is -0.258 e. The highest BCUT2D eigenvalue weighted by Crippen LogP contribution is 2.40. The van der Waals surface area contributed by atoms with Gasteiger partial charge in [-0.3, -0.25) is 10.1 Å². The lowest BCUT2D eigenvalue weighted by atomic mass is 9.74. The molecule has 0 heterocycles. The predicted molar refractivity (Wildman–Crippen MR) is 87.1 cm³/mol. The van der Waals surface area contributed by atoms with Crippen LogP contribution in [0, 0.1) is 27.9 Å². The first-order valence-corrected chi connectivity index (χ1v) is 8.27. The SMILES string of the molecule is CC(C)C1CCC(Cl)C(Cc2c(Cl)cccc2[N+](=O)[O-])C1. The normalized spacial score (nSPS) is 26.0. The van der Waals surface area contributed by atoms with Gasteiger partial charge in [-0.25, -0.2) is 0 Å². The Hall–Kier alpha value is -0.800. The van der Waals surface area contributed by atoms with Crippen LogP contribution in [-0.2, 0) is 6.42 Å². The fourth-order valence-corrected chi connectivity index (χ4v) is 3.83. The minimum atomic E-state index is -0.354. The molecule has 0 saturated heterocycles. The van der Waals surface area contributed by atoms with E-state index in [4.69, 9.17) is 23.2 Å². The molecular weight excluding hydrogens is 309 g/mol. The lowest BCUT2D eigenvalue weighted by Gasteiger charge is -2.35. The molecule has 0 amide bonds. The average molecular weight is 330 g/mol. The quantitative estimate of drug-likeness (QED) is 0.417. The van der Waals surface area contributed by atoms with Crippen molar-refractivity contribution in [3.8, 4) is 0 Å². The minimum absolute atomic E-state index is 0.0795. The zero-order chi connectivity index (χ0) is 15.6. The maximum Gasteiger partial charge on any atom is 0.274 e. The van der Waals surface area contributed by atoms with E-state index < -0.39 is 0 Å². The number of nitro groups is 1. The number of nitrogens with zero attached hydrogens (tertiary/aromatic N) is 1. The number of benzene rings is 1. The summed E-state index contributed by atoms with van der Waals surface area (Å²) in [5.41, 5.74) is 0.738. The Labute approximate surface area is 135 Å². The topological polar surface area (TPSA) is 43.1 Å². The molecule has 2 rings (SSSR count). The highest BCUT2D eigenvalue weighted by atomic mass is 35.5. The highest BCUT2D eigenvalue weighted by molar-refractivity contribution is 6.31. The standard InChI is InChI=1S/C16H21Cl2NO2/c1-10(2)11-6-7-14(17)12(8-11)9-13-15(18)4-3-5-16(13)19(20)21/h3-5,10-12,14H,6-9H2,1-2H3. The fraction of sp³-hybridized carbons (Fsp3) is 0.625. The van der Waals surface area contributed by atoms with Crippen LogP contribution in [0.15, 0.2) is 18.2 Å². The van der Waals surface area contributed by atoms with Gasteiger partial charge in [0.2, 0.25) is 0 Å². The maximum atomic E-state index is 11.2. The average Bonchev–Trinajstić information content (AvgIpc) is 2.42. The zero-order valence-electron chi connectivity index (χ0n) is 12.4. The number of hydrogen-bond donors (Lipinski definition) is 0. The summed E-state index contributed by atoms with van der Waals surface area (Å²) in [6.45, 7) is 4.46. The van der Waals surface area contributed by atoms with Gasteiger partial charge in [-0.15, -0.1) is 11.6 Å². The Kier molecular flexibility index (Phi) is 5.50. The molecule has 5 heteroatoms. The number of rotatable bonds is 4. The molecule has 1 aromatic rings. The van der Waals surface area contributed by atoms with Gasteiger partial charge in [-0.05, 0) is 49.5 Å². The molecule has 1 fully saturated rings. The summed E-state index contributed by atoms with van der Waals surface area (Å²) in [7, 11) is 0. The number of hydrogen-bond acceptors (Lipinski definition) is 2. The van der Waals surface area contributed by atoms with Crippen LogP contribution in [0.3, 0.4) is 0 Å². The van der Waals surface area contributed by atoms with Crippen molar-refractivity contribution >= 4 is 28.9 Å². The van der Waals surface area contributed by atoms with Crippen LogP contribution in [0.2, 0.25) is 5.02 Å². The first kappa shape index (κ1) is 16.6. The molecule has 116 valence electrons. The molecule has 1 aliphatic rings. The van der Waals surface area contributed by atoms with Gasteiger partial charge in [-0.2, -0.15) is 0 Å². The Morgan fingerprint density at radius 2 is 2.10 bits per heavy atom. The molecule has 0 aliphatic heterocycles. The molecule has 3 unspecified atom stereocenters.